The second kappa shape index (κ2) is 11.4. The van der Waals surface area contributed by atoms with Crippen molar-refractivity contribution in [3.63, 3.8) is 0 Å². The molecule has 1 aromatic heterocycles. The molecule has 2 amide bonds. The smallest absolute Gasteiger partial charge is 0.332 e. The van der Waals surface area contributed by atoms with Crippen LogP contribution in [0.3, 0.4) is 0 Å². The first kappa shape index (κ1) is 26.3. The minimum Gasteiger partial charge on any atom is -0.497 e. The number of hydrogen-bond donors (Lipinski definition) is 2. The lowest BCUT2D eigenvalue weighted by Gasteiger charge is -2.13. The van der Waals surface area contributed by atoms with Crippen molar-refractivity contribution in [1.82, 2.24) is 9.29 Å². The highest BCUT2D eigenvalue weighted by Crippen LogP contribution is 2.22. The summed E-state index contributed by atoms with van der Waals surface area (Å²) in [7, 11) is -2.07. The van der Waals surface area contributed by atoms with Gasteiger partial charge >= 0.3 is 6.03 Å². The number of halogens is 2. The molecular formula is C24H23Cl2N3O5S. The predicted octanol–water partition coefficient (Wildman–Crippen LogP) is 4.66. The van der Waals surface area contributed by atoms with Crippen molar-refractivity contribution in [3.05, 3.63) is 91.8 Å². The van der Waals surface area contributed by atoms with Crippen LogP contribution in [-0.2, 0) is 23.0 Å². The van der Waals surface area contributed by atoms with E-state index < -0.39 is 16.1 Å². The van der Waals surface area contributed by atoms with Crippen molar-refractivity contribution in [2.24, 2.45) is 0 Å². The number of anilines is 1. The number of hydrogen-bond acceptors (Lipinski definition) is 5. The topological polar surface area (TPSA) is 106 Å². The number of methoxy groups -OCH3 is 1. The van der Waals surface area contributed by atoms with Gasteiger partial charge in [-0.3, -0.25) is 4.79 Å². The zero-order valence-electron chi connectivity index (χ0n) is 18.9. The second-order valence-corrected chi connectivity index (χ2v) is 10.1. The molecule has 0 spiro atoms. The Hall–Kier alpha value is -3.27. The highest BCUT2D eigenvalue weighted by molar-refractivity contribution is 7.89. The number of nitrogens with one attached hydrogen (secondary N) is 2. The van der Waals surface area contributed by atoms with Crippen LogP contribution in [0.2, 0.25) is 10.0 Å². The SMILES string of the molecule is COc1cccc(C=Cc2c(Cl)cc(Cl)c(=O)n2CCc2ccc(NC(=O)NS(C)(=O)=O)cc2)c1. The third-order valence-electron chi connectivity index (χ3n) is 4.88. The molecule has 11 heteroatoms. The molecule has 0 bridgehead atoms. The van der Waals surface area contributed by atoms with E-state index in [1.165, 1.54) is 10.6 Å². The van der Waals surface area contributed by atoms with Gasteiger partial charge in [0.05, 0.1) is 24.1 Å². The maximum absolute atomic E-state index is 12.8. The lowest BCUT2D eigenvalue weighted by molar-refractivity contribution is 0.256. The number of aromatic nitrogens is 1. The van der Waals surface area contributed by atoms with Crippen LogP contribution in [0.1, 0.15) is 16.8 Å². The standard InChI is InChI=1S/C24H23Cl2N3O5S/c1-34-19-5-3-4-17(14-19)8-11-22-20(25)15-21(26)23(30)29(22)13-12-16-6-9-18(10-7-16)27-24(31)28-35(2,32)33/h3-11,14-15H,12-13H2,1-2H3,(H2,27,28,31). The average molecular weight is 536 g/mol. The summed E-state index contributed by atoms with van der Waals surface area (Å²) in [5.74, 6) is 0.707. The number of urea groups is 1. The molecule has 1 heterocycles. The summed E-state index contributed by atoms with van der Waals surface area (Å²) in [6, 6.07) is 14.8. The van der Waals surface area contributed by atoms with Crippen LogP contribution < -0.4 is 20.3 Å². The van der Waals surface area contributed by atoms with Crippen molar-refractivity contribution < 1.29 is 17.9 Å². The molecule has 35 heavy (non-hydrogen) atoms. The minimum absolute atomic E-state index is 0.0185. The van der Waals surface area contributed by atoms with Crippen molar-refractivity contribution in [3.8, 4) is 5.75 Å². The molecule has 0 saturated carbocycles. The van der Waals surface area contributed by atoms with Gasteiger partial charge in [0.15, 0.2) is 0 Å². The molecule has 3 aromatic rings. The molecule has 2 aromatic carbocycles. The normalized spacial score (nSPS) is 11.4. The first-order valence-corrected chi connectivity index (χ1v) is 13.0. The van der Waals surface area contributed by atoms with E-state index in [1.807, 2.05) is 35.1 Å². The molecule has 3 rings (SSSR count). The lowest BCUT2D eigenvalue weighted by atomic mass is 10.1. The molecule has 2 N–H and O–H groups in total. The number of carbonyl (C=O) groups is 1. The number of sulfonamides is 1. The largest absolute Gasteiger partial charge is 0.497 e. The zero-order chi connectivity index (χ0) is 25.6. The Morgan fingerprint density at radius 3 is 2.43 bits per heavy atom. The first-order chi connectivity index (χ1) is 16.6. The van der Waals surface area contributed by atoms with Gasteiger partial charge in [-0.1, -0.05) is 53.5 Å². The van der Waals surface area contributed by atoms with E-state index in [2.05, 4.69) is 5.32 Å². The van der Waals surface area contributed by atoms with Gasteiger partial charge in [0.2, 0.25) is 10.0 Å². The number of benzene rings is 2. The maximum atomic E-state index is 12.8. The average Bonchev–Trinajstić information content (AvgIpc) is 2.79. The number of aryl methyl sites for hydroxylation is 1. The third kappa shape index (κ3) is 7.61. The predicted molar refractivity (Wildman–Crippen MR) is 140 cm³/mol. The van der Waals surface area contributed by atoms with Crippen LogP contribution >= 0.6 is 23.2 Å². The van der Waals surface area contributed by atoms with E-state index in [0.717, 1.165) is 17.4 Å². The Kier molecular flexibility index (Phi) is 8.61. The van der Waals surface area contributed by atoms with Crippen LogP contribution in [0.5, 0.6) is 5.75 Å². The number of pyridine rings is 1. The Bertz CT molecular complexity index is 1420. The fourth-order valence-electron chi connectivity index (χ4n) is 3.25. The molecule has 0 aliphatic heterocycles. The minimum atomic E-state index is -3.66. The van der Waals surface area contributed by atoms with Crippen molar-refractivity contribution in [2.45, 2.75) is 13.0 Å². The van der Waals surface area contributed by atoms with Crippen LogP contribution in [-0.4, -0.2) is 32.4 Å². The fraction of sp³-hybridized carbons (Fsp3) is 0.167. The van der Waals surface area contributed by atoms with E-state index in [-0.39, 0.29) is 10.6 Å². The van der Waals surface area contributed by atoms with Crippen LogP contribution in [0, 0.1) is 0 Å². The molecule has 0 fully saturated rings. The summed E-state index contributed by atoms with van der Waals surface area (Å²) < 4.78 is 30.8. The highest BCUT2D eigenvalue weighted by Gasteiger charge is 2.12. The Balaban J connectivity index is 1.78. The van der Waals surface area contributed by atoms with Crippen LogP contribution in [0.15, 0.2) is 59.4 Å². The van der Waals surface area contributed by atoms with Gasteiger partial charge in [-0.15, -0.1) is 0 Å². The van der Waals surface area contributed by atoms with Gasteiger partial charge < -0.3 is 14.6 Å². The molecule has 0 aliphatic rings. The van der Waals surface area contributed by atoms with Gasteiger partial charge in [-0.2, -0.15) is 0 Å². The van der Waals surface area contributed by atoms with E-state index in [9.17, 15) is 18.0 Å². The van der Waals surface area contributed by atoms with Gasteiger partial charge in [0.1, 0.15) is 10.8 Å². The van der Waals surface area contributed by atoms with Crippen molar-refractivity contribution >= 4 is 57.1 Å². The molecular weight excluding hydrogens is 513 g/mol. The van der Waals surface area contributed by atoms with E-state index in [4.69, 9.17) is 27.9 Å². The Labute approximate surface area is 213 Å². The quantitative estimate of drug-likeness (QED) is 0.436. The molecule has 0 unspecified atom stereocenters. The molecule has 0 radical (unpaired) electrons. The van der Waals surface area contributed by atoms with E-state index in [1.54, 1.807) is 37.5 Å². The summed E-state index contributed by atoms with van der Waals surface area (Å²) in [4.78, 5) is 24.5. The summed E-state index contributed by atoms with van der Waals surface area (Å²) in [6.07, 6.45) is 4.95. The third-order valence-corrected chi connectivity index (χ3v) is 6.01. The summed E-state index contributed by atoms with van der Waals surface area (Å²) in [6.45, 7) is 0.304. The number of amides is 2. The summed E-state index contributed by atoms with van der Waals surface area (Å²) in [5.41, 5.74) is 2.32. The lowest BCUT2D eigenvalue weighted by Crippen LogP contribution is -2.33. The zero-order valence-corrected chi connectivity index (χ0v) is 21.2. The van der Waals surface area contributed by atoms with Gasteiger partial charge in [0.25, 0.3) is 5.56 Å². The van der Waals surface area contributed by atoms with Crippen molar-refractivity contribution in [2.75, 3.05) is 18.7 Å². The number of nitrogens with zero attached hydrogens (tertiary/aromatic N) is 1. The van der Waals surface area contributed by atoms with Gasteiger partial charge in [-0.05, 0) is 54.0 Å². The highest BCUT2D eigenvalue weighted by atomic mass is 35.5. The van der Waals surface area contributed by atoms with Crippen molar-refractivity contribution in [1.29, 1.82) is 0 Å². The number of ether oxygens (including phenoxy) is 1. The second-order valence-electron chi connectivity index (χ2n) is 7.57. The summed E-state index contributed by atoms with van der Waals surface area (Å²) >= 11 is 12.5. The Morgan fingerprint density at radius 1 is 1.06 bits per heavy atom. The molecule has 184 valence electrons. The summed E-state index contributed by atoms with van der Waals surface area (Å²) in [5, 5.41) is 2.79. The van der Waals surface area contributed by atoms with Gasteiger partial charge in [-0.25, -0.2) is 17.9 Å². The molecule has 8 nitrogen and oxygen atoms in total. The van der Waals surface area contributed by atoms with Crippen LogP contribution in [0.4, 0.5) is 10.5 Å². The molecule has 0 aliphatic carbocycles. The van der Waals surface area contributed by atoms with E-state index in [0.29, 0.717) is 35.1 Å². The number of carbonyl (C=O) groups excluding carboxylic acids is 1. The Morgan fingerprint density at radius 2 is 1.77 bits per heavy atom. The molecule has 0 saturated heterocycles. The number of rotatable bonds is 8. The molecule has 0 atom stereocenters. The fourth-order valence-corrected chi connectivity index (χ4v) is 4.18. The van der Waals surface area contributed by atoms with Crippen LogP contribution in [0.25, 0.3) is 12.2 Å². The maximum Gasteiger partial charge on any atom is 0.332 e. The monoisotopic (exact) mass is 535 g/mol. The van der Waals surface area contributed by atoms with Gasteiger partial charge in [0, 0.05) is 12.2 Å². The first-order valence-electron chi connectivity index (χ1n) is 10.3. The van der Waals surface area contributed by atoms with E-state index >= 15 is 0 Å².